The maximum Gasteiger partial charge on any atom is 0.337 e. The molecule has 2 aromatic rings. The third-order valence-corrected chi connectivity index (χ3v) is 5.87. The molecule has 0 amide bonds. The minimum atomic E-state index is -0.499. The summed E-state index contributed by atoms with van der Waals surface area (Å²) in [6.07, 6.45) is 4.77. The van der Waals surface area contributed by atoms with Gasteiger partial charge in [0.1, 0.15) is 11.9 Å². The number of aryl methyl sites for hydroxylation is 1. The Morgan fingerprint density at radius 1 is 1.29 bits per heavy atom. The lowest BCUT2D eigenvalue weighted by Crippen LogP contribution is -2.42. The minimum Gasteiger partial charge on any atom is -0.488 e. The van der Waals surface area contributed by atoms with Crippen molar-refractivity contribution in [2.45, 2.75) is 31.6 Å². The molecular weight excluding hydrogens is 358 g/mol. The fourth-order valence-corrected chi connectivity index (χ4v) is 4.54. The van der Waals surface area contributed by atoms with Gasteiger partial charge in [-0.3, -0.25) is 9.58 Å². The summed E-state index contributed by atoms with van der Waals surface area (Å²) in [6.45, 7) is 2.90. The van der Waals surface area contributed by atoms with Gasteiger partial charge in [-0.05, 0) is 42.9 Å². The van der Waals surface area contributed by atoms with E-state index in [1.807, 2.05) is 24.0 Å². The number of benzene rings is 1. The van der Waals surface area contributed by atoms with Crippen LogP contribution >= 0.6 is 0 Å². The Hall–Kier alpha value is -2.38. The van der Waals surface area contributed by atoms with Gasteiger partial charge in [-0.15, -0.1) is 0 Å². The molecule has 1 saturated carbocycles. The minimum absolute atomic E-state index is 0.257. The summed E-state index contributed by atoms with van der Waals surface area (Å²) in [4.78, 5) is 14.2. The van der Waals surface area contributed by atoms with Gasteiger partial charge in [-0.1, -0.05) is 6.07 Å². The summed E-state index contributed by atoms with van der Waals surface area (Å²) < 4.78 is 12.7. The molecule has 2 fully saturated rings. The van der Waals surface area contributed by atoms with Crippen LogP contribution in [0.15, 0.2) is 36.7 Å². The van der Waals surface area contributed by atoms with Crippen LogP contribution in [-0.4, -0.2) is 58.2 Å². The van der Waals surface area contributed by atoms with E-state index in [0.29, 0.717) is 23.1 Å². The smallest absolute Gasteiger partial charge is 0.337 e. The molecule has 150 valence electrons. The molecule has 1 aliphatic heterocycles. The Bertz CT molecular complexity index is 837. The molecule has 28 heavy (non-hydrogen) atoms. The average Bonchev–Trinajstić information content (AvgIpc) is 3.26. The van der Waals surface area contributed by atoms with Gasteiger partial charge in [-0.25, -0.2) is 4.79 Å². The molecule has 0 unspecified atom stereocenters. The Balaban J connectivity index is 1.38. The number of aliphatic hydroxyl groups excluding tert-OH is 1. The van der Waals surface area contributed by atoms with Crippen molar-refractivity contribution in [1.29, 1.82) is 0 Å². The van der Waals surface area contributed by atoms with Crippen LogP contribution in [-0.2, 0) is 18.3 Å². The summed E-state index contributed by atoms with van der Waals surface area (Å²) in [5, 5.41) is 14.9. The Morgan fingerprint density at radius 2 is 2.07 bits per heavy atom. The molecule has 2 heterocycles. The molecule has 4 rings (SSSR count). The molecule has 1 saturated heterocycles. The van der Waals surface area contributed by atoms with Crippen molar-refractivity contribution in [2.75, 3.05) is 20.2 Å². The summed E-state index contributed by atoms with van der Waals surface area (Å²) >= 11 is 0. The van der Waals surface area contributed by atoms with Crippen molar-refractivity contribution < 1.29 is 19.4 Å². The first kappa shape index (κ1) is 19.0. The number of hydrogen-bond acceptors (Lipinski definition) is 6. The highest BCUT2D eigenvalue weighted by atomic mass is 16.5. The van der Waals surface area contributed by atoms with E-state index in [2.05, 4.69) is 16.2 Å². The van der Waals surface area contributed by atoms with Crippen LogP contribution in [0.5, 0.6) is 5.75 Å². The fraction of sp³-hybridized carbons (Fsp3) is 0.524. The molecular formula is C21H27N3O4. The quantitative estimate of drug-likeness (QED) is 0.792. The molecule has 0 radical (unpaired) electrons. The number of aliphatic hydroxyl groups is 1. The first-order valence-electron chi connectivity index (χ1n) is 9.75. The zero-order valence-electron chi connectivity index (χ0n) is 16.3. The van der Waals surface area contributed by atoms with E-state index in [-0.39, 0.29) is 6.10 Å². The molecule has 1 N–H and O–H groups in total. The number of fused-ring (bicyclic) bond motifs is 1. The molecule has 7 nitrogen and oxygen atoms in total. The normalized spacial score (nSPS) is 27.4. The lowest BCUT2D eigenvalue weighted by Gasteiger charge is -2.35. The third kappa shape index (κ3) is 4.05. The molecule has 7 heteroatoms. The number of hydrogen-bond donors (Lipinski definition) is 1. The Labute approximate surface area is 164 Å². The number of likely N-dealkylation sites (tertiary alicyclic amines) is 1. The molecule has 0 bridgehead atoms. The van der Waals surface area contributed by atoms with E-state index in [4.69, 9.17) is 9.47 Å². The maximum atomic E-state index is 11.7. The lowest BCUT2D eigenvalue weighted by atomic mass is 9.78. The highest BCUT2D eigenvalue weighted by Gasteiger charge is 2.42. The van der Waals surface area contributed by atoms with Crippen LogP contribution in [0.2, 0.25) is 0 Å². The Kier molecular flexibility index (Phi) is 5.37. The molecule has 2 aliphatic rings. The number of nitrogens with zero attached hydrogens (tertiary/aromatic N) is 3. The average molecular weight is 385 g/mol. The molecule has 4 atom stereocenters. The van der Waals surface area contributed by atoms with E-state index < -0.39 is 12.1 Å². The third-order valence-electron chi connectivity index (χ3n) is 5.87. The van der Waals surface area contributed by atoms with Crippen molar-refractivity contribution in [1.82, 2.24) is 14.7 Å². The van der Waals surface area contributed by atoms with E-state index in [0.717, 1.165) is 32.5 Å². The number of rotatable bonds is 5. The predicted octanol–water partition coefficient (Wildman–Crippen LogP) is 1.86. The number of ether oxygens (including phenoxy) is 2. The van der Waals surface area contributed by atoms with Gasteiger partial charge in [0, 0.05) is 38.4 Å². The highest BCUT2D eigenvalue weighted by Crippen LogP contribution is 2.38. The second-order valence-electron chi connectivity index (χ2n) is 7.95. The zero-order valence-corrected chi connectivity index (χ0v) is 16.3. The van der Waals surface area contributed by atoms with Crippen molar-refractivity contribution >= 4 is 5.97 Å². The van der Waals surface area contributed by atoms with E-state index in [1.54, 1.807) is 18.2 Å². The van der Waals surface area contributed by atoms with E-state index in [9.17, 15) is 9.90 Å². The summed E-state index contributed by atoms with van der Waals surface area (Å²) in [6, 6.07) is 6.95. The fourth-order valence-electron chi connectivity index (χ4n) is 4.54. The number of methoxy groups -OCH3 is 1. The van der Waals surface area contributed by atoms with Crippen LogP contribution in [0.1, 0.15) is 28.8 Å². The number of esters is 1. The van der Waals surface area contributed by atoms with Crippen LogP contribution in [0, 0.1) is 11.8 Å². The van der Waals surface area contributed by atoms with Crippen molar-refractivity contribution in [3.63, 3.8) is 0 Å². The summed E-state index contributed by atoms with van der Waals surface area (Å²) in [5.41, 5.74) is 1.67. The SMILES string of the molecule is COC(=O)c1cccc(O[C@@H]2C[C@@H]3CN(Cc4cnn(C)c4)C[C@@H]3C[C@H]2O)c1. The second-order valence-corrected chi connectivity index (χ2v) is 7.95. The van der Waals surface area contributed by atoms with E-state index >= 15 is 0 Å². The Morgan fingerprint density at radius 3 is 2.79 bits per heavy atom. The topological polar surface area (TPSA) is 76.8 Å². The van der Waals surface area contributed by atoms with Crippen LogP contribution in [0.3, 0.4) is 0 Å². The zero-order chi connectivity index (χ0) is 19.7. The molecule has 1 aliphatic carbocycles. The standard InChI is InChI=1S/C21H27N3O4/c1-23-10-14(9-22-23)11-24-12-16-7-19(25)20(8-17(16)13-24)28-18-5-3-4-15(6-18)21(26)27-2/h3-6,9-10,16-17,19-20,25H,7-8,11-13H2,1-2H3/t16-,17+,19+,20+/m0/s1. The van der Waals surface area contributed by atoms with Gasteiger partial charge in [0.05, 0.1) is 25.0 Å². The number of aromatic nitrogens is 2. The molecule has 1 aromatic heterocycles. The predicted molar refractivity (Wildman–Crippen MR) is 103 cm³/mol. The van der Waals surface area contributed by atoms with Gasteiger partial charge in [0.2, 0.25) is 0 Å². The van der Waals surface area contributed by atoms with Gasteiger partial charge in [0.15, 0.2) is 0 Å². The maximum absolute atomic E-state index is 11.7. The lowest BCUT2D eigenvalue weighted by molar-refractivity contribution is -0.0231. The largest absolute Gasteiger partial charge is 0.488 e. The second kappa shape index (κ2) is 7.93. The number of carbonyl (C=O) groups excluding carboxylic acids is 1. The highest BCUT2D eigenvalue weighted by molar-refractivity contribution is 5.89. The van der Waals surface area contributed by atoms with Crippen molar-refractivity contribution in [2.24, 2.45) is 18.9 Å². The monoisotopic (exact) mass is 385 g/mol. The van der Waals surface area contributed by atoms with Crippen molar-refractivity contribution in [3.8, 4) is 5.75 Å². The first-order valence-corrected chi connectivity index (χ1v) is 9.75. The van der Waals surface area contributed by atoms with E-state index in [1.165, 1.54) is 12.7 Å². The molecule has 0 spiro atoms. The first-order chi connectivity index (χ1) is 13.5. The van der Waals surface area contributed by atoms with Gasteiger partial charge >= 0.3 is 5.97 Å². The van der Waals surface area contributed by atoms with Crippen molar-refractivity contribution in [3.05, 3.63) is 47.8 Å². The van der Waals surface area contributed by atoms with Crippen LogP contribution < -0.4 is 4.74 Å². The van der Waals surface area contributed by atoms with Gasteiger partial charge in [-0.2, -0.15) is 5.10 Å². The van der Waals surface area contributed by atoms with Gasteiger partial charge in [0.25, 0.3) is 0 Å². The summed E-state index contributed by atoms with van der Waals surface area (Å²) in [7, 11) is 3.29. The molecule has 1 aromatic carbocycles. The van der Waals surface area contributed by atoms with Crippen LogP contribution in [0.25, 0.3) is 0 Å². The van der Waals surface area contributed by atoms with Crippen LogP contribution in [0.4, 0.5) is 0 Å². The van der Waals surface area contributed by atoms with Gasteiger partial charge < -0.3 is 14.6 Å². The summed E-state index contributed by atoms with van der Waals surface area (Å²) in [5.74, 6) is 1.20. The number of carbonyl (C=O) groups is 1.